The number of benzene rings is 10. The molecule has 58 heavy (non-hydrogen) atoms. The first-order valence-electron chi connectivity index (χ1n) is 19.8. The molecule has 11 aromatic rings. The zero-order valence-electron chi connectivity index (χ0n) is 31.7. The third-order valence-corrected chi connectivity index (χ3v) is 12.7. The summed E-state index contributed by atoms with van der Waals surface area (Å²) in [5, 5.41) is 7.57. The van der Waals surface area contributed by atoms with Gasteiger partial charge in [-0.2, -0.15) is 0 Å². The van der Waals surface area contributed by atoms with Gasteiger partial charge in [0.15, 0.2) is 0 Å². The van der Waals surface area contributed by atoms with Crippen molar-refractivity contribution in [3.05, 3.63) is 224 Å². The maximum Gasteiger partial charge on any atom is 0.0640 e. The molecule has 0 amide bonds. The van der Waals surface area contributed by atoms with Gasteiger partial charge in [0.25, 0.3) is 0 Å². The Hall–Kier alpha value is -7.26. The summed E-state index contributed by atoms with van der Waals surface area (Å²) < 4.78 is 2.57. The van der Waals surface area contributed by atoms with Crippen molar-refractivity contribution in [1.29, 1.82) is 0 Å². The van der Waals surface area contributed by atoms with Crippen LogP contribution in [0.3, 0.4) is 0 Å². The first-order valence-corrected chi connectivity index (χ1v) is 20.7. The Morgan fingerprint density at radius 1 is 0.328 bits per heavy atom. The van der Waals surface area contributed by atoms with Gasteiger partial charge in [-0.3, -0.25) is 0 Å². The second-order valence-corrected chi connectivity index (χ2v) is 15.9. The molecule has 0 atom stereocenters. The normalized spacial score (nSPS) is 11.4. The van der Waals surface area contributed by atoms with Crippen LogP contribution in [0.5, 0.6) is 0 Å². The molecule has 0 aliphatic rings. The van der Waals surface area contributed by atoms with Crippen molar-refractivity contribution in [2.75, 3.05) is 4.90 Å². The molecule has 0 aliphatic carbocycles. The van der Waals surface area contributed by atoms with E-state index in [1.807, 2.05) is 11.3 Å². The fourth-order valence-electron chi connectivity index (χ4n) is 8.81. The van der Waals surface area contributed by atoms with E-state index < -0.39 is 0 Å². The smallest absolute Gasteiger partial charge is 0.0640 e. The molecule has 0 fully saturated rings. The molecular weight excluding hydrogens is 719 g/mol. The number of hydrogen-bond acceptors (Lipinski definition) is 2. The summed E-state index contributed by atoms with van der Waals surface area (Å²) in [6, 6.07) is 81.9. The van der Waals surface area contributed by atoms with Crippen molar-refractivity contribution in [2.24, 2.45) is 0 Å². The van der Waals surface area contributed by atoms with E-state index >= 15 is 0 Å². The van der Waals surface area contributed by atoms with E-state index in [1.54, 1.807) is 0 Å². The highest BCUT2D eigenvalue weighted by atomic mass is 32.1. The van der Waals surface area contributed by atoms with Crippen LogP contribution in [0.4, 0.5) is 17.1 Å². The predicted molar refractivity (Wildman–Crippen MR) is 251 cm³/mol. The lowest BCUT2D eigenvalue weighted by atomic mass is 9.89. The van der Waals surface area contributed by atoms with Crippen LogP contribution in [-0.4, -0.2) is 0 Å². The number of fused-ring (bicyclic) bond motifs is 5. The third kappa shape index (κ3) is 5.86. The molecule has 0 spiro atoms. The van der Waals surface area contributed by atoms with Crippen LogP contribution in [0, 0.1) is 0 Å². The minimum atomic E-state index is 1.11. The Bertz CT molecular complexity index is 3270. The van der Waals surface area contributed by atoms with Gasteiger partial charge in [0.05, 0.1) is 10.4 Å². The quantitative estimate of drug-likeness (QED) is 0.157. The molecule has 272 valence electrons. The molecule has 11 rings (SSSR count). The van der Waals surface area contributed by atoms with Crippen molar-refractivity contribution in [1.82, 2.24) is 0 Å². The van der Waals surface area contributed by atoms with Gasteiger partial charge >= 0.3 is 0 Å². The van der Waals surface area contributed by atoms with E-state index in [9.17, 15) is 0 Å². The lowest BCUT2D eigenvalue weighted by Gasteiger charge is -2.27. The molecule has 0 saturated carbocycles. The monoisotopic (exact) mass is 755 g/mol. The maximum absolute atomic E-state index is 2.45. The van der Waals surface area contributed by atoms with Crippen LogP contribution in [0.15, 0.2) is 224 Å². The topological polar surface area (TPSA) is 3.24 Å². The molecule has 10 aromatic carbocycles. The van der Waals surface area contributed by atoms with E-state index in [4.69, 9.17) is 0 Å². The van der Waals surface area contributed by atoms with Gasteiger partial charge in [0, 0.05) is 26.8 Å². The Labute approximate surface area is 342 Å². The van der Waals surface area contributed by atoms with E-state index in [0.717, 1.165) is 11.4 Å². The molecule has 0 bridgehead atoms. The average Bonchev–Trinajstić information content (AvgIpc) is 3.69. The van der Waals surface area contributed by atoms with Crippen molar-refractivity contribution in [3.63, 3.8) is 0 Å². The molecule has 0 saturated heterocycles. The summed E-state index contributed by atoms with van der Waals surface area (Å²) in [6.45, 7) is 0. The van der Waals surface area contributed by atoms with Crippen LogP contribution in [-0.2, 0) is 0 Å². The average molecular weight is 756 g/mol. The number of nitrogens with zero attached hydrogens (tertiary/aromatic N) is 1. The first-order chi connectivity index (χ1) is 28.8. The number of thiophene rings is 1. The summed E-state index contributed by atoms with van der Waals surface area (Å²) in [6.07, 6.45) is 0. The summed E-state index contributed by atoms with van der Waals surface area (Å²) in [5.74, 6) is 0. The molecule has 0 N–H and O–H groups in total. The highest BCUT2D eigenvalue weighted by Crippen LogP contribution is 2.47. The van der Waals surface area contributed by atoms with Gasteiger partial charge in [-0.25, -0.2) is 0 Å². The van der Waals surface area contributed by atoms with Gasteiger partial charge in [0.1, 0.15) is 0 Å². The molecule has 1 aromatic heterocycles. The third-order valence-electron chi connectivity index (χ3n) is 11.5. The number of anilines is 3. The Kier molecular flexibility index (Phi) is 8.42. The van der Waals surface area contributed by atoms with E-state index in [0.29, 0.717) is 0 Å². The van der Waals surface area contributed by atoms with Crippen LogP contribution in [0.1, 0.15) is 0 Å². The number of hydrogen-bond donors (Lipinski definition) is 0. The molecular formula is C56H37NS. The largest absolute Gasteiger partial charge is 0.309 e. The molecule has 1 heterocycles. The summed E-state index contributed by atoms with van der Waals surface area (Å²) in [4.78, 5) is 2.45. The summed E-state index contributed by atoms with van der Waals surface area (Å²) >= 11 is 1.87. The lowest BCUT2D eigenvalue weighted by Crippen LogP contribution is -2.10. The van der Waals surface area contributed by atoms with E-state index in [2.05, 4.69) is 229 Å². The minimum absolute atomic E-state index is 1.11. The molecule has 0 aliphatic heterocycles. The number of rotatable bonds is 7. The zero-order chi connectivity index (χ0) is 38.4. The lowest BCUT2D eigenvalue weighted by molar-refractivity contribution is 1.30. The van der Waals surface area contributed by atoms with Gasteiger partial charge in [-0.1, -0.05) is 188 Å². The van der Waals surface area contributed by atoms with Gasteiger partial charge in [-0.05, 0) is 102 Å². The second-order valence-electron chi connectivity index (χ2n) is 14.8. The molecule has 1 nitrogen and oxygen atoms in total. The minimum Gasteiger partial charge on any atom is -0.309 e. The standard InChI is InChI=1S/C56H37NS/c1-3-15-38(16-4-1)47-26-12-20-42-21-13-27-48(54(42)47)43-22-11-23-45(37-43)57(52-29-14-28-51-50-25-9-10-30-53(50)58-56(51)52)44-34-31-40(32-35-44)49-36-33-39-17-7-8-24-46(39)55(49)41-18-5-2-6-19-41/h1-37H. The summed E-state index contributed by atoms with van der Waals surface area (Å²) in [7, 11) is 0. The van der Waals surface area contributed by atoms with Crippen molar-refractivity contribution < 1.29 is 0 Å². The summed E-state index contributed by atoms with van der Waals surface area (Å²) in [5.41, 5.74) is 13.1. The Morgan fingerprint density at radius 2 is 0.914 bits per heavy atom. The molecule has 0 unspecified atom stereocenters. The van der Waals surface area contributed by atoms with E-state index in [-0.39, 0.29) is 0 Å². The maximum atomic E-state index is 2.45. The highest BCUT2D eigenvalue weighted by molar-refractivity contribution is 7.26. The van der Waals surface area contributed by atoms with Crippen molar-refractivity contribution in [3.8, 4) is 44.5 Å². The SMILES string of the molecule is c1ccc(-c2c(-c3ccc(N(c4cccc(-c5cccc6cccc(-c7ccccc7)c56)c4)c4cccc5c4sc4ccccc45)cc3)ccc3ccccc23)cc1. The first kappa shape index (κ1) is 34.0. The fraction of sp³-hybridized carbons (Fsp3) is 0. The zero-order valence-corrected chi connectivity index (χ0v) is 32.5. The van der Waals surface area contributed by atoms with E-state index in [1.165, 1.54) is 91.9 Å². The van der Waals surface area contributed by atoms with Crippen LogP contribution in [0.2, 0.25) is 0 Å². The van der Waals surface area contributed by atoms with Crippen LogP contribution in [0.25, 0.3) is 86.2 Å². The van der Waals surface area contributed by atoms with Gasteiger partial charge in [-0.15, -0.1) is 11.3 Å². The highest BCUT2D eigenvalue weighted by Gasteiger charge is 2.20. The Balaban J connectivity index is 1.10. The van der Waals surface area contributed by atoms with Gasteiger partial charge in [0.2, 0.25) is 0 Å². The fourth-order valence-corrected chi connectivity index (χ4v) is 10.0. The molecule has 2 heteroatoms. The Morgan fingerprint density at radius 3 is 1.71 bits per heavy atom. The van der Waals surface area contributed by atoms with Crippen LogP contribution < -0.4 is 4.90 Å². The molecule has 0 radical (unpaired) electrons. The van der Waals surface area contributed by atoms with Crippen molar-refractivity contribution in [2.45, 2.75) is 0 Å². The second kappa shape index (κ2) is 14.4. The van der Waals surface area contributed by atoms with Gasteiger partial charge < -0.3 is 4.90 Å². The van der Waals surface area contributed by atoms with Crippen LogP contribution >= 0.6 is 11.3 Å². The predicted octanol–water partition coefficient (Wildman–Crippen LogP) is 16.5. The van der Waals surface area contributed by atoms with Crippen molar-refractivity contribution >= 4 is 70.1 Å².